The SMILES string of the molecule is CCn1ccnc1C(Cc1cccc(Br)c1)NC. The summed E-state index contributed by atoms with van der Waals surface area (Å²) in [6, 6.07) is 8.66. The Morgan fingerprint density at radius 1 is 1.44 bits per heavy atom. The Morgan fingerprint density at radius 2 is 2.28 bits per heavy atom. The molecule has 0 saturated heterocycles. The molecule has 0 spiro atoms. The van der Waals surface area contributed by atoms with Crippen LogP contribution in [0.4, 0.5) is 0 Å². The Labute approximate surface area is 116 Å². The molecule has 1 N–H and O–H groups in total. The summed E-state index contributed by atoms with van der Waals surface area (Å²) >= 11 is 3.51. The Hall–Kier alpha value is -1.13. The van der Waals surface area contributed by atoms with Crippen molar-refractivity contribution >= 4 is 15.9 Å². The van der Waals surface area contributed by atoms with Gasteiger partial charge in [-0.15, -0.1) is 0 Å². The number of imidazole rings is 1. The van der Waals surface area contributed by atoms with E-state index < -0.39 is 0 Å². The molecule has 3 nitrogen and oxygen atoms in total. The van der Waals surface area contributed by atoms with Crippen LogP contribution in [0.15, 0.2) is 41.1 Å². The summed E-state index contributed by atoms with van der Waals surface area (Å²) in [5.74, 6) is 1.10. The quantitative estimate of drug-likeness (QED) is 0.919. The van der Waals surface area contributed by atoms with E-state index in [-0.39, 0.29) is 6.04 Å². The summed E-state index contributed by atoms with van der Waals surface area (Å²) in [6.07, 6.45) is 4.83. The number of hydrogen-bond donors (Lipinski definition) is 1. The number of nitrogens with one attached hydrogen (secondary N) is 1. The minimum atomic E-state index is 0.245. The molecule has 0 aliphatic heterocycles. The van der Waals surface area contributed by atoms with Gasteiger partial charge in [0.1, 0.15) is 5.82 Å². The van der Waals surface area contributed by atoms with Gasteiger partial charge in [-0.3, -0.25) is 0 Å². The minimum absolute atomic E-state index is 0.245. The molecule has 2 aromatic rings. The van der Waals surface area contributed by atoms with E-state index in [2.05, 4.69) is 55.9 Å². The molecule has 0 saturated carbocycles. The summed E-state index contributed by atoms with van der Waals surface area (Å²) in [4.78, 5) is 4.47. The van der Waals surface area contributed by atoms with Crippen LogP contribution in [0.2, 0.25) is 0 Å². The van der Waals surface area contributed by atoms with Gasteiger partial charge in [0.05, 0.1) is 6.04 Å². The van der Waals surface area contributed by atoms with Crippen molar-refractivity contribution in [1.82, 2.24) is 14.9 Å². The van der Waals surface area contributed by atoms with E-state index in [1.807, 2.05) is 25.5 Å². The molecule has 4 heteroatoms. The monoisotopic (exact) mass is 307 g/mol. The third-order valence-corrected chi connectivity index (χ3v) is 3.57. The van der Waals surface area contributed by atoms with Gasteiger partial charge >= 0.3 is 0 Å². The van der Waals surface area contributed by atoms with Gasteiger partial charge < -0.3 is 9.88 Å². The zero-order valence-electron chi connectivity index (χ0n) is 10.7. The average Bonchev–Trinajstić information content (AvgIpc) is 2.84. The highest BCUT2D eigenvalue weighted by Gasteiger charge is 2.15. The molecule has 2 rings (SSSR count). The first kappa shape index (κ1) is 13.3. The third kappa shape index (κ3) is 3.00. The molecule has 1 unspecified atom stereocenters. The van der Waals surface area contributed by atoms with Crippen molar-refractivity contribution in [2.24, 2.45) is 0 Å². The first-order chi connectivity index (χ1) is 8.74. The minimum Gasteiger partial charge on any atom is -0.334 e. The molecule has 96 valence electrons. The lowest BCUT2D eigenvalue weighted by molar-refractivity contribution is 0.523. The highest BCUT2D eigenvalue weighted by Crippen LogP contribution is 2.19. The largest absolute Gasteiger partial charge is 0.334 e. The van der Waals surface area contributed by atoms with E-state index >= 15 is 0 Å². The van der Waals surface area contributed by atoms with E-state index in [1.165, 1.54) is 5.56 Å². The van der Waals surface area contributed by atoms with E-state index in [1.54, 1.807) is 0 Å². The highest BCUT2D eigenvalue weighted by molar-refractivity contribution is 9.10. The van der Waals surface area contributed by atoms with Crippen LogP contribution < -0.4 is 5.32 Å². The van der Waals surface area contributed by atoms with Gasteiger partial charge in [-0.25, -0.2) is 4.98 Å². The topological polar surface area (TPSA) is 29.9 Å². The molecule has 0 aliphatic carbocycles. The first-order valence-corrected chi connectivity index (χ1v) is 6.96. The number of benzene rings is 1. The van der Waals surface area contributed by atoms with Crippen LogP contribution in [0.1, 0.15) is 24.4 Å². The second-order valence-corrected chi connectivity index (χ2v) is 5.16. The molecule has 0 fully saturated rings. The van der Waals surface area contributed by atoms with E-state index in [4.69, 9.17) is 0 Å². The van der Waals surface area contributed by atoms with Crippen molar-refractivity contribution in [3.63, 3.8) is 0 Å². The van der Waals surface area contributed by atoms with Crippen LogP contribution in [-0.2, 0) is 13.0 Å². The molecule has 0 bridgehead atoms. The molecule has 18 heavy (non-hydrogen) atoms. The number of aryl methyl sites for hydroxylation is 1. The summed E-state index contributed by atoms with van der Waals surface area (Å²) in [6.45, 7) is 3.09. The number of aromatic nitrogens is 2. The molecular weight excluding hydrogens is 290 g/mol. The summed E-state index contributed by atoms with van der Waals surface area (Å²) in [5, 5.41) is 3.35. The summed E-state index contributed by atoms with van der Waals surface area (Å²) in [7, 11) is 1.98. The van der Waals surface area contributed by atoms with Crippen molar-refractivity contribution in [1.29, 1.82) is 0 Å². The van der Waals surface area contributed by atoms with Crippen LogP contribution >= 0.6 is 15.9 Å². The van der Waals surface area contributed by atoms with Crippen LogP contribution in [0.3, 0.4) is 0 Å². The molecule has 1 aromatic heterocycles. The fourth-order valence-corrected chi connectivity index (χ4v) is 2.57. The second kappa shape index (κ2) is 6.16. The summed E-state index contributed by atoms with van der Waals surface area (Å²) < 4.78 is 3.30. The van der Waals surface area contributed by atoms with Gasteiger partial charge in [0.2, 0.25) is 0 Å². The maximum Gasteiger partial charge on any atom is 0.126 e. The van der Waals surface area contributed by atoms with E-state index in [0.717, 1.165) is 23.3 Å². The lowest BCUT2D eigenvalue weighted by Gasteiger charge is -2.17. The third-order valence-electron chi connectivity index (χ3n) is 3.08. The lowest BCUT2D eigenvalue weighted by Crippen LogP contribution is -2.22. The molecule has 1 heterocycles. The van der Waals surface area contributed by atoms with Gasteiger partial charge in [0, 0.05) is 23.4 Å². The highest BCUT2D eigenvalue weighted by atomic mass is 79.9. The van der Waals surface area contributed by atoms with Crippen LogP contribution in [0.5, 0.6) is 0 Å². The zero-order chi connectivity index (χ0) is 13.0. The maximum atomic E-state index is 4.47. The average molecular weight is 308 g/mol. The summed E-state index contributed by atoms with van der Waals surface area (Å²) in [5.41, 5.74) is 1.30. The number of hydrogen-bond acceptors (Lipinski definition) is 2. The van der Waals surface area contributed by atoms with Crippen molar-refractivity contribution in [2.75, 3.05) is 7.05 Å². The van der Waals surface area contributed by atoms with Crippen molar-refractivity contribution in [3.8, 4) is 0 Å². The Kier molecular flexibility index (Phi) is 4.55. The standard InChI is InChI=1S/C14H18BrN3/c1-3-18-8-7-17-14(18)13(16-2)10-11-5-4-6-12(15)9-11/h4-9,13,16H,3,10H2,1-2H3. The van der Waals surface area contributed by atoms with Gasteiger partial charge in [0.25, 0.3) is 0 Å². The fourth-order valence-electron chi connectivity index (χ4n) is 2.12. The predicted octanol–water partition coefficient (Wildman–Crippen LogP) is 3.17. The number of likely N-dealkylation sites (N-methyl/N-ethyl adjacent to an activating group) is 1. The van der Waals surface area contributed by atoms with Gasteiger partial charge in [-0.2, -0.15) is 0 Å². The Balaban J connectivity index is 2.20. The van der Waals surface area contributed by atoms with Crippen LogP contribution in [0, 0.1) is 0 Å². The molecule has 0 radical (unpaired) electrons. The number of rotatable bonds is 5. The smallest absolute Gasteiger partial charge is 0.126 e. The number of nitrogens with zero attached hydrogens (tertiary/aromatic N) is 2. The Bertz CT molecular complexity index is 507. The Morgan fingerprint density at radius 3 is 2.94 bits per heavy atom. The molecule has 0 amide bonds. The normalized spacial score (nSPS) is 12.6. The van der Waals surface area contributed by atoms with Gasteiger partial charge in [0.15, 0.2) is 0 Å². The van der Waals surface area contributed by atoms with Crippen molar-refractivity contribution in [3.05, 3.63) is 52.5 Å². The second-order valence-electron chi connectivity index (χ2n) is 4.25. The zero-order valence-corrected chi connectivity index (χ0v) is 12.3. The lowest BCUT2D eigenvalue weighted by atomic mass is 10.1. The first-order valence-electron chi connectivity index (χ1n) is 6.17. The van der Waals surface area contributed by atoms with Crippen LogP contribution in [-0.4, -0.2) is 16.6 Å². The molecule has 1 aromatic carbocycles. The molecule has 1 atom stereocenters. The molecule has 0 aliphatic rings. The van der Waals surface area contributed by atoms with Crippen molar-refractivity contribution < 1.29 is 0 Å². The van der Waals surface area contributed by atoms with Crippen LogP contribution in [0.25, 0.3) is 0 Å². The van der Waals surface area contributed by atoms with E-state index in [0.29, 0.717) is 0 Å². The fraction of sp³-hybridized carbons (Fsp3) is 0.357. The van der Waals surface area contributed by atoms with Gasteiger partial charge in [-0.1, -0.05) is 28.1 Å². The number of halogens is 1. The van der Waals surface area contributed by atoms with E-state index in [9.17, 15) is 0 Å². The molecular formula is C14H18BrN3. The predicted molar refractivity (Wildman–Crippen MR) is 77.5 cm³/mol. The van der Waals surface area contributed by atoms with Crippen molar-refractivity contribution in [2.45, 2.75) is 25.9 Å². The maximum absolute atomic E-state index is 4.47. The van der Waals surface area contributed by atoms with Gasteiger partial charge in [-0.05, 0) is 38.1 Å².